The van der Waals surface area contributed by atoms with E-state index in [4.69, 9.17) is 24.7 Å². The average Bonchev–Trinajstić information content (AvgIpc) is 3.24. The van der Waals surface area contributed by atoms with E-state index in [1.165, 1.54) is 10.9 Å². The molecule has 2 heterocycles. The second-order valence-corrected chi connectivity index (χ2v) is 9.38. The van der Waals surface area contributed by atoms with E-state index in [1.54, 1.807) is 44.2 Å². The lowest BCUT2D eigenvalue weighted by Gasteiger charge is -2.27. The molecule has 0 saturated heterocycles. The van der Waals surface area contributed by atoms with Gasteiger partial charge in [-0.3, -0.25) is 4.79 Å². The van der Waals surface area contributed by atoms with Gasteiger partial charge in [0.15, 0.2) is 18.0 Å². The topological polar surface area (TPSA) is 114 Å². The molecule has 10 nitrogen and oxygen atoms in total. The molecule has 2 N–H and O–H groups in total. The number of nitrogens with two attached hydrogens (primary N) is 1. The van der Waals surface area contributed by atoms with Crippen molar-refractivity contribution >= 4 is 17.4 Å². The van der Waals surface area contributed by atoms with Gasteiger partial charge in [0.2, 0.25) is 5.78 Å². The number of hydrogen-bond donors (Lipinski definition) is 1. The first-order chi connectivity index (χ1) is 17.9. The molecule has 2 aromatic heterocycles. The molecule has 3 aromatic rings. The van der Waals surface area contributed by atoms with Crippen molar-refractivity contribution in [3.05, 3.63) is 29.3 Å². The monoisotopic (exact) mass is 512 g/mol. The molecule has 1 saturated carbocycles. The Morgan fingerprint density at radius 3 is 2.41 bits per heavy atom. The molecule has 0 spiro atoms. The number of carbonyl (C=O) groups is 1. The lowest BCUT2D eigenvalue weighted by molar-refractivity contribution is -0.714. The summed E-state index contributed by atoms with van der Waals surface area (Å²) < 4.78 is 26.2. The highest BCUT2D eigenvalue weighted by Gasteiger charge is 2.32. The number of carbonyl (C=O) groups excluding carboxylic acids is 1. The Kier molecular flexibility index (Phi) is 8.35. The number of Topliss-reactive ketones (excluding diaryl/α,β-unsaturated/α-hetero) is 1. The summed E-state index contributed by atoms with van der Waals surface area (Å²) in [6.07, 6.45) is 7.31. The minimum Gasteiger partial charge on any atom is -0.496 e. The number of nitrogen functional groups attached to an aromatic ring is 1. The second kappa shape index (κ2) is 11.7. The maximum atomic E-state index is 13.7. The zero-order chi connectivity index (χ0) is 26.5. The Labute approximate surface area is 217 Å². The van der Waals surface area contributed by atoms with Crippen LogP contribution >= 0.6 is 0 Å². The van der Waals surface area contributed by atoms with Crippen LogP contribution in [0.25, 0.3) is 5.65 Å². The van der Waals surface area contributed by atoms with E-state index in [0.29, 0.717) is 34.3 Å². The largest absolute Gasteiger partial charge is 0.496 e. The first-order valence-corrected chi connectivity index (χ1v) is 13.0. The summed E-state index contributed by atoms with van der Waals surface area (Å²) >= 11 is 0. The predicted molar refractivity (Wildman–Crippen MR) is 139 cm³/mol. The van der Waals surface area contributed by atoms with Crippen molar-refractivity contribution in [2.75, 3.05) is 27.1 Å². The highest BCUT2D eigenvalue weighted by Crippen LogP contribution is 2.48. The zero-order valence-electron chi connectivity index (χ0n) is 22.5. The van der Waals surface area contributed by atoms with Gasteiger partial charge in [-0.05, 0) is 47.9 Å². The minimum absolute atomic E-state index is 0.0505. The van der Waals surface area contributed by atoms with Crippen molar-refractivity contribution in [3.63, 3.8) is 0 Å². The maximum Gasteiger partial charge on any atom is 0.355 e. The van der Waals surface area contributed by atoms with E-state index in [1.807, 2.05) is 0 Å². The van der Waals surface area contributed by atoms with Crippen LogP contribution in [0.1, 0.15) is 80.6 Å². The fourth-order valence-electron chi connectivity index (χ4n) is 5.20. The quantitative estimate of drug-likeness (QED) is 0.301. The first-order valence-electron chi connectivity index (χ1n) is 13.0. The molecule has 10 heteroatoms. The normalized spacial score (nSPS) is 14.2. The van der Waals surface area contributed by atoms with Crippen LogP contribution in [0.5, 0.6) is 23.1 Å². The average molecular weight is 513 g/mol. The molecule has 1 aliphatic rings. The van der Waals surface area contributed by atoms with Gasteiger partial charge in [-0.25, -0.2) is 0 Å². The summed E-state index contributed by atoms with van der Waals surface area (Å²) in [4.78, 5) is 13.7. The smallest absolute Gasteiger partial charge is 0.355 e. The Bertz CT molecular complexity index is 1250. The van der Waals surface area contributed by atoms with Crippen LogP contribution in [-0.2, 0) is 6.54 Å². The molecule has 0 radical (unpaired) electrons. The molecule has 0 aliphatic heterocycles. The Hall–Kier alpha value is -3.56. The van der Waals surface area contributed by atoms with Gasteiger partial charge in [0.05, 0.1) is 26.9 Å². The van der Waals surface area contributed by atoms with Crippen LogP contribution in [0.4, 0.5) is 5.95 Å². The Morgan fingerprint density at radius 1 is 1.08 bits per heavy atom. The van der Waals surface area contributed by atoms with E-state index < -0.39 is 0 Å². The molecule has 37 heavy (non-hydrogen) atoms. The predicted octanol–water partition coefficient (Wildman–Crippen LogP) is 4.12. The van der Waals surface area contributed by atoms with Gasteiger partial charge in [-0.2, -0.15) is 0 Å². The summed E-state index contributed by atoms with van der Waals surface area (Å²) in [5.74, 6) is 2.35. The Morgan fingerprint density at radius 2 is 1.78 bits per heavy atom. The van der Waals surface area contributed by atoms with Crippen molar-refractivity contribution in [3.8, 4) is 23.1 Å². The van der Waals surface area contributed by atoms with Gasteiger partial charge < -0.3 is 24.7 Å². The molecule has 0 unspecified atom stereocenters. The standard InChI is InChI=1S/C27H38N5O5/c1-6-18(7-2)37-22-13-14-23-31(30-27(28)32(23)29-22)16-20(33)19-15-21(34-3)26(36-5)24(25(19)35-4)17-11-9-8-10-12-17/h13-15,17-18H,6-12,16H2,1-5H3,(H2,28,30)/q+1. The van der Waals surface area contributed by atoms with Gasteiger partial charge in [0, 0.05) is 17.7 Å². The molecule has 0 atom stereocenters. The minimum atomic E-state index is -0.183. The van der Waals surface area contributed by atoms with Crippen molar-refractivity contribution < 1.29 is 28.4 Å². The van der Waals surface area contributed by atoms with E-state index >= 15 is 0 Å². The van der Waals surface area contributed by atoms with Crippen molar-refractivity contribution in [1.82, 2.24) is 14.7 Å². The number of ether oxygens (including phenoxy) is 4. The van der Waals surface area contributed by atoms with Crippen LogP contribution in [0.15, 0.2) is 18.2 Å². The van der Waals surface area contributed by atoms with Gasteiger partial charge in [0.25, 0.3) is 5.88 Å². The van der Waals surface area contributed by atoms with Crippen LogP contribution in [0.3, 0.4) is 0 Å². The third kappa shape index (κ3) is 5.28. The molecule has 1 fully saturated rings. The van der Waals surface area contributed by atoms with E-state index in [0.717, 1.165) is 44.1 Å². The molecule has 0 bridgehead atoms. The summed E-state index contributed by atoms with van der Waals surface area (Å²) in [5.41, 5.74) is 8.06. The van der Waals surface area contributed by atoms with Gasteiger partial charge >= 0.3 is 11.6 Å². The van der Waals surface area contributed by atoms with Gasteiger partial charge in [-0.1, -0.05) is 37.6 Å². The van der Waals surface area contributed by atoms with E-state index in [9.17, 15) is 4.79 Å². The molecule has 4 rings (SSSR count). The number of methoxy groups -OCH3 is 3. The zero-order valence-corrected chi connectivity index (χ0v) is 22.5. The van der Waals surface area contributed by atoms with Crippen LogP contribution < -0.4 is 29.4 Å². The Balaban J connectivity index is 1.71. The molecule has 0 amide bonds. The lowest BCUT2D eigenvalue weighted by Crippen LogP contribution is -2.40. The SMILES string of the molecule is CCC(CC)Oc1ccc2n(n1)c(N)n[n+]2CC(=O)c1cc(OC)c(OC)c(C2CCCCC2)c1OC. The summed E-state index contributed by atoms with van der Waals surface area (Å²) in [6, 6.07) is 5.27. The number of aromatic nitrogens is 4. The third-order valence-corrected chi connectivity index (χ3v) is 7.16. The van der Waals surface area contributed by atoms with Crippen LogP contribution in [0, 0.1) is 0 Å². The molecule has 1 aromatic carbocycles. The van der Waals surface area contributed by atoms with E-state index in [2.05, 4.69) is 24.0 Å². The number of hydrogen-bond acceptors (Lipinski definition) is 8. The molecular formula is C27H38N5O5+. The highest BCUT2D eigenvalue weighted by molar-refractivity contribution is 5.99. The lowest BCUT2D eigenvalue weighted by atomic mass is 9.82. The third-order valence-electron chi connectivity index (χ3n) is 7.16. The van der Waals surface area contributed by atoms with Crippen molar-refractivity contribution in [1.29, 1.82) is 0 Å². The van der Waals surface area contributed by atoms with Crippen LogP contribution in [-0.4, -0.2) is 47.9 Å². The molecule has 200 valence electrons. The second-order valence-electron chi connectivity index (χ2n) is 9.38. The summed E-state index contributed by atoms with van der Waals surface area (Å²) in [6.45, 7) is 4.09. The summed E-state index contributed by atoms with van der Waals surface area (Å²) in [5, 5.41) is 8.87. The molecular weight excluding hydrogens is 474 g/mol. The maximum absolute atomic E-state index is 13.7. The van der Waals surface area contributed by atoms with Gasteiger partial charge in [-0.15, -0.1) is 4.68 Å². The number of nitrogens with zero attached hydrogens (tertiary/aromatic N) is 4. The number of rotatable bonds is 11. The fraction of sp³-hybridized carbons (Fsp3) is 0.556. The van der Waals surface area contributed by atoms with Crippen molar-refractivity contribution in [2.45, 2.75) is 77.4 Å². The fourth-order valence-corrected chi connectivity index (χ4v) is 5.20. The number of fused-ring (bicyclic) bond motifs is 1. The molecule has 1 aliphatic carbocycles. The number of ketones is 1. The number of benzene rings is 1. The number of anilines is 1. The first kappa shape index (κ1) is 26.5. The summed E-state index contributed by atoms with van der Waals surface area (Å²) in [7, 11) is 4.79. The van der Waals surface area contributed by atoms with Crippen molar-refractivity contribution in [2.24, 2.45) is 0 Å². The highest BCUT2D eigenvalue weighted by atomic mass is 16.5. The van der Waals surface area contributed by atoms with Crippen LogP contribution in [0.2, 0.25) is 0 Å². The van der Waals surface area contributed by atoms with E-state index in [-0.39, 0.29) is 30.3 Å². The van der Waals surface area contributed by atoms with Gasteiger partial charge in [0.1, 0.15) is 11.9 Å².